The lowest BCUT2D eigenvalue weighted by atomic mass is 10.1. The van der Waals surface area contributed by atoms with Gasteiger partial charge in [0.15, 0.2) is 0 Å². The maximum Gasteiger partial charge on any atom is 0.241 e. The van der Waals surface area contributed by atoms with E-state index < -0.39 is 6.04 Å². The van der Waals surface area contributed by atoms with Gasteiger partial charge in [0.1, 0.15) is 5.75 Å². The van der Waals surface area contributed by atoms with Crippen molar-refractivity contribution in [2.24, 2.45) is 5.73 Å². The Kier molecular flexibility index (Phi) is 5.36. The number of benzene rings is 2. The molecule has 0 aliphatic carbocycles. The summed E-state index contributed by atoms with van der Waals surface area (Å²) in [6.45, 7) is 0. The van der Waals surface area contributed by atoms with Crippen LogP contribution in [0.1, 0.15) is 5.56 Å². The molecule has 2 aromatic carbocycles. The highest BCUT2D eigenvalue weighted by molar-refractivity contribution is 9.10. The van der Waals surface area contributed by atoms with Crippen LogP contribution >= 0.6 is 15.9 Å². The fourth-order valence-electron chi connectivity index (χ4n) is 1.95. The van der Waals surface area contributed by atoms with E-state index in [0.29, 0.717) is 17.9 Å². The second kappa shape index (κ2) is 7.24. The van der Waals surface area contributed by atoms with Gasteiger partial charge in [0.25, 0.3) is 0 Å². The highest BCUT2D eigenvalue weighted by Gasteiger charge is 2.14. The van der Waals surface area contributed by atoms with Crippen LogP contribution in [0.15, 0.2) is 53.0 Å². The lowest BCUT2D eigenvalue weighted by Crippen LogP contribution is -2.37. The normalized spacial score (nSPS) is 11.8. The molecule has 0 heterocycles. The van der Waals surface area contributed by atoms with Crippen molar-refractivity contribution >= 4 is 27.5 Å². The van der Waals surface area contributed by atoms with Crippen molar-refractivity contribution in [3.63, 3.8) is 0 Å². The van der Waals surface area contributed by atoms with Crippen molar-refractivity contribution in [2.45, 2.75) is 12.5 Å². The maximum atomic E-state index is 12.1. The van der Waals surface area contributed by atoms with Crippen LogP contribution in [-0.2, 0) is 11.2 Å². The van der Waals surface area contributed by atoms with Gasteiger partial charge in [-0.2, -0.15) is 0 Å². The summed E-state index contributed by atoms with van der Waals surface area (Å²) in [5, 5.41) is 2.80. The van der Waals surface area contributed by atoms with E-state index in [9.17, 15) is 4.79 Å². The molecule has 0 bridgehead atoms. The van der Waals surface area contributed by atoms with Crippen LogP contribution in [0.25, 0.3) is 0 Å². The SMILES string of the molecule is COc1cc(Br)cc(NC(=O)[C@@H](N)Cc2ccccc2)c1. The number of hydrogen-bond acceptors (Lipinski definition) is 3. The number of nitrogens with one attached hydrogen (secondary N) is 1. The zero-order valence-corrected chi connectivity index (χ0v) is 13.3. The molecule has 1 amide bonds. The van der Waals surface area contributed by atoms with Crippen LogP contribution in [0.5, 0.6) is 5.75 Å². The Hall–Kier alpha value is -1.85. The molecule has 0 aliphatic rings. The third-order valence-corrected chi connectivity index (χ3v) is 3.47. The maximum absolute atomic E-state index is 12.1. The molecule has 4 nitrogen and oxygen atoms in total. The molecule has 1 atom stereocenters. The Balaban J connectivity index is 2.02. The summed E-state index contributed by atoms with van der Waals surface area (Å²) >= 11 is 3.37. The van der Waals surface area contributed by atoms with Gasteiger partial charge < -0.3 is 15.8 Å². The first-order valence-electron chi connectivity index (χ1n) is 6.53. The number of halogens is 1. The molecule has 0 fully saturated rings. The van der Waals surface area contributed by atoms with Crippen LogP contribution in [0.3, 0.4) is 0 Å². The quantitative estimate of drug-likeness (QED) is 0.872. The highest BCUT2D eigenvalue weighted by Crippen LogP contribution is 2.24. The van der Waals surface area contributed by atoms with Gasteiger partial charge >= 0.3 is 0 Å². The summed E-state index contributed by atoms with van der Waals surface area (Å²) in [5.74, 6) is 0.440. The summed E-state index contributed by atoms with van der Waals surface area (Å²) in [4.78, 5) is 12.1. The van der Waals surface area contributed by atoms with Gasteiger partial charge in [-0.05, 0) is 24.1 Å². The number of anilines is 1. The average Bonchev–Trinajstić information content (AvgIpc) is 2.47. The number of carbonyl (C=O) groups is 1. The molecular weight excluding hydrogens is 332 g/mol. The summed E-state index contributed by atoms with van der Waals surface area (Å²) in [5.41, 5.74) is 7.63. The molecule has 110 valence electrons. The highest BCUT2D eigenvalue weighted by atomic mass is 79.9. The van der Waals surface area contributed by atoms with Crippen molar-refractivity contribution in [3.8, 4) is 5.75 Å². The molecule has 0 saturated carbocycles. The minimum absolute atomic E-state index is 0.223. The Morgan fingerprint density at radius 1 is 1.29 bits per heavy atom. The molecule has 0 aliphatic heterocycles. The molecule has 21 heavy (non-hydrogen) atoms. The Morgan fingerprint density at radius 2 is 2.00 bits per heavy atom. The molecule has 0 aromatic heterocycles. The molecule has 3 N–H and O–H groups in total. The van der Waals surface area contributed by atoms with Crippen molar-refractivity contribution in [3.05, 3.63) is 58.6 Å². The van der Waals surface area contributed by atoms with E-state index >= 15 is 0 Å². The Morgan fingerprint density at radius 3 is 2.67 bits per heavy atom. The number of nitrogens with two attached hydrogens (primary N) is 1. The van der Waals surface area contributed by atoms with Crippen LogP contribution in [-0.4, -0.2) is 19.1 Å². The van der Waals surface area contributed by atoms with Crippen molar-refractivity contribution in [2.75, 3.05) is 12.4 Å². The van der Waals surface area contributed by atoms with Crippen molar-refractivity contribution < 1.29 is 9.53 Å². The molecule has 0 spiro atoms. The van der Waals surface area contributed by atoms with Gasteiger partial charge in [-0.3, -0.25) is 4.79 Å². The third kappa shape index (κ3) is 4.58. The van der Waals surface area contributed by atoms with E-state index in [4.69, 9.17) is 10.5 Å². The number of ether oxygens (including phenoxy) is 1. The molecule has 0 unspecified atom stereocenters. The van der Waals surface area contributed by atoms with E-state index in [1.54, 1.807) is 19.2 Å². The number of carbonyl (C=O) groups excluding carboxylic acids is 1. The molecule has 2 rings (SSSR count). The standard InChI is InChI=1S/C16H17BrN2O2/c1-21-14-9-12(17)8-13(10-14)19-16(20)15(18)7-11-5-3-2-4-6-11/h2-6,8-10,15H,7,18H2,1H3,(H,19,20)/t15-/m0/s1. The molecule has 2 aromatic rings. The van der Waals surface area contributed by atoms with Gasteiger partial charge in [-0.1, -0.05) is 46.3 Å². The topological polar surface area (TPSA) is 64.3 Å². The second-order valence-corrected chi connectivity index (χ2v) is 5.58. The molecule has 5 heteroatoms. The lowest BCUT2D eigenvalue weighted by Gasteiger charge is -2.13. The summed E-state index contributed by atoms with van der Waals surface area (Å²) in [7, 11) is 1.58. The van der Waals surface area contributed by atoms with Crippen LogP contribution in [0.4, 0.5) is 5.69 Å². The van der Waals surface area contributed by atoms with E-state index in [-0.39, 0.29) is 5.91 Å². The van der Waals surface area contributed by atoms with E-state index in [1.807, 2.05) is 36.4 Å². The van der Waals surface area contributed by atoms with Gasteiger partial charge in [-0.15, -0.1) is 0 Å². The zero-order valence-electron chi connectivity index (χ0n) is 11.7. The third-order valence-electron chi connectivity index (χ3n) is 3.01. The largest absolute Gasteiger partial charge is 0.497 e. The first-order chi connectivity index (χ1) is 10.1. The van der Waals surface area contributed by atoms with Crippen molar-refractivity contribution in [1.29, 1.82) is 0 Å². The minimum Gasteiger partial charge on any atom is -0.497 e. The predicted molar refractivity (Wildman–Crippen MR) is 87.4 cm³/mol. The zero-order chi connectivity index (χ0) is 15.2. The van der Waals surface area contributed by atoms with Crippen molar-refractivity contribution in [1.82, 2.24) is 0 Å². The first-order valence-corrected chi connectivity index (χ1v) is 7.33. The van der Waals surface area contributed by atoms with Gasteiger partial charge in [-0.25, -0.2) is 0 Å². The smallest absolute Gasteiger partial charge is 0.241 e. The van der Waals surface area contributed by atoms with E-state index in [0.717, 1.165) is 10.0 Å². The molecule has 0 radical (unpaired) electrons. The van der Waals surface area contributed by atoms with Crippen LogP contribution < -0.4 is 15.8 Å². The lowest BCUT2D eigenvalue weighted by molar-refractivity contribution is -0.117. The first kappa shape index (κ1) is 15.5. The average molecular weight is 349 g/mol. The number of methoxy groups -OCH3 is 1. The van der Waals surface area contributed by atoms with Crippen LogP contribution in [0.2, 0.25) is 0 Å². The van der Waals surface area contributed by atoms with Gasteiger partial charge in [0, 0.05) is 16.2 Å². The molecule has 0 saturated heterocycles. The summed E-state index contributed by atoms with van der Waals surface area (Å²) in [6, 6.07) is 14.5. The fraction of sp³-hybridized carbons (Fsp3) is 0.188. The minimum atomic E-state index is -0.600. The predicted octanol–water partition coefficient (Wildman–Crippen LogP) is 2.97. The van der Waals surface area contributed by atoms with Gasteiger partial charge in [0.05, 0.1) is 13.2 Å². The fourth-order valence-corrected chi connectivity index (χ4v) is 2.42. The summed E-state index contributed by atoms with van der Waals surface area (Å²) in [6.07, 6.45) is 0.498. The number of rotatable bonds is 5. The summed E-state index contributed by atoms with van der Waals surface area (Å²) < 4.78 is 5.99. The van der Waals surface area contributed by atoms with Gasteiger partial charge in [0.2, 0.25) is 5.91 Å². The van der Waals surface area contributed by atoms with E-state index in [2.05, 4.69) is 21.2 Å². The van der Waals surface area contributed by atoms with Crippen LogP contribution in [0, 0.1) is 0 Å². The monoisotopic (exact) mass is 348 g/mol. The molecular formula is C16H17BrN2O2. The second-order valence-electron chi connectivity index (χ2n) is 4.67. The Labute approximate surface area is 132 Å². The van der Waals surface area contributed by atoms with E-state index in [1.165, 1.54) is 0 Å². The number of hydrogen-bond donors (Lipinski definition) is 2. The Bertz CT molecular complexity index is 617. The number of amides is 1.